The van der Waals surface area contributed by atoms with Crippen LogP contribution in [0.3, 0.4) is 0 Å². The molecule has 214 valence electrons. The van der Waals surface area contributed by atoms with Crippen molar-refractivity contribution in [3.8, 4) is 0 Å². The Labute approximate surface area is 249 Å². The van der Waals surface area contributed by atoms with Crippen LogP contribution in [0, 0.1) is 0 Å². The first-order valence-electron chi connectivity index (χ1n) is 12.2. The molecule has 0 amide bonds. The Morgan fingerprint density at radius 2 is 1.20 bits per heavy atom. The zero-order valence-electron chi connectivity index (χ0n) is 21.1. The molecule has 2 nitrogen and oxygen atoms in total. The number of alkyl halides is 6. The highest BCUT2D eigenvalue weighted by molar-refractivity contribution is 7.96. The van der Waals surface area contributed by atoms with Gasteiger partial charge in [0.2, 0.25) is 0 Å². The second-order valence-electron chi connectivity index (χ2n) is 9.45. The molecular formula is C30H22BrClF6NOP. The Balaban J connectivity index is 0.00000387. The van der Waals surface area contributed by atoms with Gasteiger partial charge >= 0.3 is 12.4 Å². The molecule has 1 aliphatic heterocycles. The zero-order chi connectivity index (χ0) is 28.6. The van der Waals surface area contributed by atoms with E-state index in [4.69, 9.17) is 16.4 Å². The van der Waals surface area contributed by atoms with Crippen LogP contribution in [0.15, 0.2) is 114 Å². The second kappa shape index (κ2) is 11.8. The van der Waals surface area contributed by atoms with Gasteiger partial charge < -0.3 is 21.8 Å². The molecule has 11 heteroatoms. The van der Waals surface area contributed by atoms with Gasteiger partial charge in [0.25, 0.3) is 5.60 Å². The summed E-state index contributed by atoms with van der Waals surface area (Å²) in [5.74, 6) is 0. The van der Waals surface area contributed by atoms with Gasteiger partial charge in [0.05, 0.1) is 5.56 Å². The van der Waals surface area contributed by atoms with Gasteiger partial charge in [-0.1, -0.05) is 71.4 Å². The highest BCUT2D eigenvalue weighted by atomic mass is 79.9. The second-order valence-corrected chi connectivity index (χ2v) is 13.4. The van der Waals surface area contributed by atoms with Gasteiger partial charge in [-0.15, -0.1) is 0 Å². The molecule has 0 bridgehead atoms. The fourth-order valence-electron chi connectivity index (χ4n) is 5.08. The van der Waals surface area contributed by atoms with E-state index in [1.807, 2.05) is 91.0 Å². The van der Waals surface area contributed by atoms with E-state index in [9.17, 15) is 26.3 Å². The lowest BCUT2D eigenvalue weighted by molar-refractivity contribution is -0.276. The van der Waals surface area contributed by atoms with E-state index in [-0.39, 0.29) is 28.9 Å². The summed E-state index contributed by atoms with van der Waals surface area (Å²) in [5, 5.41) is 6.19. The third-order valence-corrected chi connectivity index (χ3v) is 11.5. The summed E-state index contributed by atoms with van der Waals surface area (Å²) >= 11 is 5.87. The van der Waals surface area contributed by atoms with Gasteiger partial charge in [-0.2, -0.15) is 26.3 Å². The van der Waals surface area contributed by atoms with Crippen LogP contribution in [0.1, 0.15) is 17.5 Å². The molecule has 0 saturated heterocycles. The fraction of sp³-hybridized carbons (Fsp3) is 0.167. The van der Waals surface area contributed by atoms with Gasteiger partial charge in [-0.3, -0.25) is 0 Å². The minimum atomic E-state index is -5.08. The number of halogens is 8. The third kappa shape index (κ3) is 5.90. The molecule has 1 aliphatic rings. The van der Waals surface area contributed by atoms with E-state index < -0.39 is 47.8 Å². The van der Waals surface area contributed by atoms with Crippen LogP contribution in [-0.4, -0.2) is 18.0 Å². The van der Waals surface area contributed by atoms with Gasteiger partial charge in [0.15, 0.2) is 0 Å². The van der Waals surface area contributed by atoms with E-state index >= 15 is 0 Å². The van der Waals surface area contributed by atoms with Crippen molar-refractivity contribution in [3.05, 3.63) is 125 Å². The maximum absolute atomic E-state index is 14.7. The summed E-state index contributed by atoms with van der Waals surface area (Å²) in [7, 11) is -2.63. The molecule has 4 aromatic carbocycles. The summed E-state index contributed by atoms with van der Waals surface area (Å²) in [6.45, 7) is 0. The Hall–Kier alpha value is -2.87. The molecule has 0 aliphatic carbocycles. The van der Waals surface area contributed by atoms with Crippen molar-refractivity contribution >= 4 is 40.5 Å². The first-order chi connectivity index (χ1) is 19.0. The molecule has 0 saturated carbocycles. The van der Waals surface area contributed by atoms with Gasteiger partial charge in [-0.05, 0) is 54.6 Å². The summed E-state index contributed by atoms with van der Waals surface area (Å²) in [6, 6.07) is 30.3. The van der Waals surface area contributed by atoms with E-state index in [1.165, 1.54) is 0 Å². The van der Waals surface area contributed by atoms with Crippen molar-refractivity contribution in [2.45, 2.75) is 24.4 Å². The lowest BCUT2D eigenvalue weighted by Crippen LogP contribution is -3.00. The molecule has 0 radical (unpaired) electrons. The van der Waals surface area contributed by atoms with E-state index in [1.54, 1.807) is 0 Å². The zero-order valence-corrected chi connectivity index (χ0v) is 24.4. The van der Waals surface area contributed by atoms with E-state index in [0.29, 0.717) is 12.1 Å². The number of hydrogen-bond donors (Lipinski definition) is 0. The highest BCUT2D eigenvalue weighted by Crippen LogP contribution is 2.58. The van der Waals surface area contributed by atoms with Crippen LogP contribution in [-0.2, 0) is 16.6 Å². The van der Waals surface area contributed by atoms with Crippen molar-refractivity contribution in [3.63, 3.8) is 0 Å². The van der Waals surface area contributed by atoms with Crippen LogP contribution < -0.4 is 32.9 Å². The fourth-order valence-corrected chi connectivity index (χ4v) is 9.52. The molecule has 5 rings (SSSR count). The predicted octanol–water partition coefficient (Wildman–Crippen LogP) is 4.89. The van der Waals surface area contributed by atoms with Crippen LogP contribution in [0.25, 0.3) is 0 Å². The average molecular weight is 673 g/mol. The number of oxime groups is 1. The third-order valence-electron chi connectivity index (χ3n) is 6.94. The maximum Gasteiger partial charge on any atom is 0.435 e. The van der Waals surface area contributed by atoms with Crippen LogP contribution in [0.5, 0.6) is 0 Å². The summed E-state index contributed by atoms with van der Waals surface area (Å²) in [6.07, 6.45) is -10.7. The van der Waals surface area contributed by atoms with Gasteiger partial charge in [0, 0.05) is 17.0 Å². The number of hydrogen-bond acceptors (Lipinski definition) is 2. The van der Waals surface area contributed by atoms with E-state index in [2.05, 4.69) is 5.16 Å². The minimum Gasteiger partial charge on any atom is -1.00 e. The molecule has 41 heavy (non-hydrogen) atoms. The molecular weight excluding hydrogens is 651 g/mol. The Kier molecular flexibility index (Phi) is 8.93. The normalized spacial score (nSPS) is 17.4. The first kappa shape index (κ1) is 31.1. The molecule has 1 heterocycles. The summed E-state index contributed by atoms with van der Waals surface area (Å²) in [4.78, 5) is 5.13. The standard InChI is InChI=1S/C30H22ClF6NOP.BrH/c31-23-17-21(16-22(18-23)29(32,33)34)28(30(35,36)37)19-24(38-39-28)20-40(25-10-4-1-5-11-25,26-12-6-2-7-13-26)27-14-8-3-9-15-27;/h1-18H,19-20H2;1H/q+1;/p-1. The Bertz CT molecular complexity index is 1420. The topological polar surface area (TPSA) is 21.6 Å². The van der Waals surface area contributed by atoms with Crippen molar-refractivity contribution in [2.24, 2.45) is 5.16 Å². The molecule has 4 aromatic rings. The molecule has 1 unspecified atom stereocenters. The average Bonchev–Trinajstić information content (AvgIpc) is 3.38. The van der Waals surface area contributed by atoms with Crippen molar-refractivity contribution in [1.82, 2.24) is 0 Å². The summed E-state index contributed by atoms with van der Waals surface area (Å²) in [5.41, 5.74) is -5.07. The van der Waals surface area contributed by atoms with Gasteiger partial charge in [0.1, 0.15) is 35.0 Å². The van der Waals surface area contributed by atoms with Crippen molar-refractivity contribution in [2.75, 3.05) is 6.16 Å². The maximum atomic E-state index is 14.7. The Morgan fingerprint density at radius 1 is 0.732 bits per heavy atom. The number of rotatable bonds is 6. The van der Waals surface area contributed by atoms with Crippen LogP contribution in [0.4, 0.5) is 26.3 Å². The molecule has 0 N–H and O–H groups in total. The lowest BCUT2D eigenvalue weighted by Gasteiger charge is -2.31. The lowest BCUT2D eigenvalue weighted by atomic mass is 9.87. The summed E-state index contributed by atoms with van der Waals surface area (Å²) < 4.78 is 84.7. The van der Waals surface area contributed by atoms with Crippen molar-refractivity contribution in [1.29, 1.82) is 0 Å². The molecule has 0 spiro atoms. The minimum absolute atomic E-state index is 0. The Morgan fingerprint density at radius 3 is 1.61 bits per heavy atom. The number of benzene rings is 4. The molecule has 0 fully saturated rings. The van der Waals surface area contributed by atoms with Crippen LogP contribution >= 0.6 is 18.9 Å². The molecule has 0 aromatic heterocycles. The quantitative estimate of drug-likeness (QED) is 0.211. The number of nitrogens with zero attached hydrogens (tertiary/aromatic N) is 1. The molecule has 1 atom stereocenters. The van der Waals surface area contributed by atoms with Crippen LogP contribution in [0.2, 0.25) is 5.02 Å². The first-order valence-corrected chi connectivity index (χ1v) is 14.5. The smallest absolute Gasteiger partial charge is 0.435 e. The SMILES string of the molecule is FC(F)(F)c1cc(Cl)cc(C2(C(F)(F)F)CC(C[P+](c3ccccc3)(c3ccccc3)c3ccccc3)=NO2)c1.[Br-]. The monoisotopic (exact) mass is 671 g/mol. The van der Waals surface area contributed by atoms with E-state index in [0.717, 1.165) is 22.0 Å². The van der Waals surface area contributed by atoms with Gasteiger partial charge in [-0.25, -0.2) is 0 Å². The predicted molar refractivity (Wildman–Crippen MR) is 147 cm³/mol. The van der Waals surface area contributed by atoms with Crippen molar-refractivity contribution < 1.29 is 48.2 Å². The largest absolute Gasteiger partial charge is 1.00 e. The highest BCUT2D eigenvalue weighted by Gasteiger charge is 2.64.